The Morgan fingerprint density at radius 3 is 3.00 bits per heavy atom. The Hall–Kier alpha value is -2.65. The molecule has 4 aromatic rings. The van der Waals surface area contributed by atoms with E-state index in [1.165, 1.54) is 28.6 Å². The molecule has 2 N–H and O–H groups in total. The lowest BCUT2D eigenvalue weighted by Crippen LogP contribution is -2.09. The third-order valence-corrected chi connectivity index (χ3v) is 7.34. The van der Waals surface area contributed by atoms with E-state index >= 15 is 0 Å². The summed E-state index contributed by atoms with van der Waals surface area (Å²) < 4.78 is 11.5. The molecule has 0 aliphatic heterocycles. The van der Waals surface area contributed by atoms with Crippen LogP contribution < -0.4 is 10.5 Å². The van der Waals surface area contributed by atoms with Crippen molar-refractivity contribution in [1.82, 2.24) is 20.2 Å². The van der Waals surface area contributed by atoms with E-state index in [0.29, 0.717) is 41.0 Å². The van der Waals surface area contributed by atoms with Crippen LogP contribution in [0.5, 0.6) is 5.75 Å². The molecule has 1 aliphatic rings. The Kier molecular flexibility index (Phi) is 5.54. The summed E-state index contributed by atoms with van der Waals surface area (Å²) in [5, 5.41) is 9.85. The summed E-state index contributed by atoms with van der Waals surface area (Å²) in [6.07, 6.45) is 3.36. The van der Waals surface area contributed by atoms with E-state index in [2.05, 4.69) is 22.1 Å². The molecule has 9 heteroatoms. The van der Waals surface area contributed by atoms with Crippen molar-refractivity contribution in [3.63, 3.8) is 0 Å². The van der Waals surface area contributed by atoms with E-state index in [1.54, 1.807) is 11.3 Å². The first kappa shape index (κ1) is 20.3. The average molecular weight is 454 g/mol. The number of nitrogens with two attached hydrogens (primary N) is 1. The van der Waals surface area contributed by atoms with E-state index in [-0.39, 0.29) is 0 Å². The van der Waals surface area contributed by atoms with Gasteiger partial charge in [0.05, 0.1) is 23.3 Å². The number of fused-ring (bicyclic) bond motifs is 3. The molecule has 0 amide bonds. The fourth-order valence-electron chi connectivity index (χ4n) is 3.91. The van der Waals surface area contributed by atoms with Gasteiger partial charge in [-0.15, -0.1) is 21.5 Å². The normalized spacial score (nSPS) is 15.9. The van der Waals surface area contributed by atoms with Crippen molar-refractivity contribution in [2.24, 2.45) is 5.92 Å². The van der Waals surface area contributed by atoms with Crippen LogP contribution in [0.15, 0.2) is 33.9 Å². The highest BCUT2D eigenvalue weighted by Gasteiger charge is 2.23. The number of nitrogen functional groups attached to an aromatic ring is 1. The van der Waals surface area contributed by atoms with Gasteiger partial charge < -0.3 is 14.9 Å². The van der Waals surface area contributed by atoms with Gasteiger partial charge in [0, 0.05) is 4.88 Å². The largest absolute Gasteiger partial charge is 0.493 e. The molecule has 1 unspecified atom stereocenters. The molecule has 0 fully saturated rings. The second kappa shape index (κ2) is 8.47. The van der Waals surface area contributed by atoms with Crippen LogP contribution in [0, 0.1) is 5.92 Å². The predicted octanol–water partition coefficient (Wildman–Crippen LogP) is 5.14. The first-order valence-electron chi connectivity index (χ1n) is 10.4. The zero-order valence-corrected chi connectivity index (χ0v) is 19.1. The summed E-state index contributed by atoms with van der Waals surface area (Å²) in [7, 11) is 0. The highest BCUT2D eigenvalue weighted by Crippen LogP contribution is 2.39. The maximum Gasteiger partial charge on any atom is 0.277 e. The standard InChI is InChI=1S/C22H23N5O2S2/c1-3-28-15-7-5-4-6-13(15)20-26-27-22(29-20)30-11-17-24-19(23)18-14-9-8-12(2)10-16(14)31-21(18)25-17/h4-7,12H,3,8-11H2,1-2H3,(H2,23,24,25). The third-order valence-electron chi connectivity index (χ3n) is 5.38. The van der Waals surface area contributed by atoms with Gasteiger partial charge in [-0.05, 0) is 49.8 Å². The van der Waals surface area contributed by atoms with Crippen molar-refractivity contribution in [1.29, 1.82) is 0 Å². The van der Waals surface area contributed by atoms with E-state index in [0.717, 1.165) is 34.4 Å². The van der Waals surface area contributed by atoms with Gasteiger partial charge >= 0.3 is 0 Å². The summed E-state index contributed by atoms with van der Waals surface area (Å²) >= 11 is 3.16. The highest BCUT2D eigenvalue weighted by molar-refractivity contribution is 7.98. The SMILES string of the molecule is CCOc1ccccc1-c1nnc(SCc2nc(N)c3c4c(sc3n2)CC(C)CC4)o1. The molecular weight excluding hydrogens is 430 g/mol. The van der Waals surface area contributed by atoms with Gasteiger partial charge in [-0.2, -0.15) is 0 Å². The van der Waals surface area contributed by atoms with Gasteiger partial charge in [-0.25, -0.2) is 9.97 Å². The lowest BCUT2D eigenvalue weighted by Gasteiger charge is -2.17. The number of benzene rings is 1. The lowest BCUT2D eigenvalue weighted by atomic mass is 9.89. The number of hydrogen-bond donors (Lipinski definition) is 1. The second-order valence-corrected chi connectivity index (χ2v) is 9.66. The number of aromatic nitrogens is 4. The Morgan fingerprint density at radius 1 is 1.26 bits per heavy atom. The van der Waals surface area contributed by atoms with Crippen molar-refractivity contribution in [2.45, 2.75) is 44.1 Å². The molecule has 160 valence electrons. The van der Waals surface area contributed by atoms with Gasteiger partial charge in [0.25, 0.3) is 11.1 Å². The highest BCUT2D eigenvalue weighted by atomic mass is 32.2. The molecule has 1 atom stereocenters. The minimum atomic E-state index is 0.433. The zero-order valence-electron chi connectivity index (χ0n) is 17.4. The molecule has 1 aromatic carbocycles. The molecular formula is C22H23N5O2S2. The lowest BCUT2D eigenvalue weighted by molar-refractivity contribution is 0.340. The van der Waals surface area contributed by atoms with Gasteiger partial charge in [0.2, 0.25) is 0 Å². The minimum Gasteiger partial charge on any atom is -0.493 e. The topological polar surface area (TPSA) is 100.0 Å². The van der Waals surface area contributed by atoms with E-state index in [4.69, 9.17) is 19.9 Å². The Balaban J connectivity index is 1.35. The van der Waals surface area contributed by atoms with Gasteiger partial charge in [-0.3, -0.25) is 0 Å². The van der Waals surface area contributed by atoms with E-state index in [1.807, 2.05) is 31.2 Å². The molecule has 0 saturated heterocycles. The number of rotatable bonds is 6. The van der Waals surface area contributed by atoms with Gasteiger partial charge in [0.15, 0.2) is 0 Å². The fraction of sp³-hybridized carbons (Fsp3) is 0.364. The molecule has 31 heavy (non-hydrogen) atoms. The summed E-state index contributed by atoms with van der Waals surface area (Å²) in [6, 6.07) is 7.64. The van der Waals surface area contributed by atoms with Crippen LogP contribution >= 0.6 is 23.1 Å². The number of thiophene rings is 1. The zero-order chi connectivity index (χ0) is 21.4. The first-order chi connectivity index (χ1) is 15.1. The first-order valence-corrected chi connectivity index (χ1v) is 12.2. The number of anilines is 1. The maximum absolute atomic E-state index is 6.34. The fourth-order valence-corrected chi connectivity index (χ4v) is 5.94. The Morgan fingerprint density at radius 2 is 2.13 bits per heavy atom. The van der Waals surface area contributed by atoms with E-state index in [9.17, 15) is 0 Å². The molecule has 0 radical (unpaired) electrons. The van der Waals surface area contributed by atoms with Crippen molar-refractivity contribution < 1.29 is 9.15 Å². The molecule has 0 saturated carbocycles. The molecule has 1 aliphatic carbocycles. The quantitative estimate of drug-likeness (QED) is 0.401. The second-order valence-electron chi connectivity index (χ2n) is 7.65. The minimum absolute atomic E-state index is 0.433. The van der Waals surface area contributed by atoms with Crippen LogP contribution in [0.25, 0.3) is 21.7 Å². The third kappa shape index (κ3) is 3.99. The molecule has 0 spiro atoms. The molecule has 0 bridgehead atoms. The van der Waals surface area contributed by atoms with Crippen LogP contribution in [0.2, 0.25) is 0 Å². The summed E-state index contributed by atoms with van der Waals surface area (Å²) in [5.41, 5.74) is 8.47. The Bertz CT molecular complexity index is 1240. The van der Waals surface area contributed by atoms with Crippen LogP contribution in [-0.2, 0) is 18.6 Å². The van der Waals surface area contributed by atoms with Crippen molar-refractivity contribution in [3.8, 4) is 17.2 Å². The average Bonchev–Trinajstić information content (AvgIpc) is 3.37. The molecule has 7 nitrogen and oxygen atoms in total. The molecule has 3 aromatic heterocycles. The van der Waals surface area contributed by atoms with Crippen molar-refractivity contribution in [3.05, 3.63) is 40.5 Å². The summed E-state index contributed by atoms with van der Waals surface area (Å²) in [5.74, 6) is 3.63. The number of aryl methyl sites for hydroxylation is 1. The number of nitrogens with zero attached hydrogens (tertiary/aromatic N) is 4. The number of thioether (sulfide) groups is 1. The maximum atomic E-state index is 6.34. The molecule has 3 heterocycles. The van der Waals surface area contributed by atoms with Crippen LogP contribution in [0.1, 0.15) is 36.5 Å². The van der Waals surface area contributed by atoms with Gasteiger partial charge in [0.1, 0.15) is 22.2 Å². The smallest absolute Gasteiger partial charge is 0.277 e. The van der Waals surface area contributed by atoms with Gasteiger partial charge in [-0.1, -0.05) is 30.8 Å². The van der Waals surface area contributed by atoms with Crippen molar-refractivity contribution in [2.75, 3.05) is 12.3 Å². The summed E-state index contributed by atoms with van der Waals surface area (Å²) in [6.45, 7) is 4.81. The predicted molar refractivity (Wildman–Crippen MR) is 123 cm³/mol. The van der Waals surface area contributed by atoms with Crippen LogP contribution in [0.4, 0.5) is 5.82 Å². The van der Waals surface area contributed by atoms with Crippen molar-refractivity contribution >= 4 is 39.1 Å². The van der Waals surface area contributed by atoms with E-state index < -0.39 is 0 Å². The summed E-state index contributed by atoms with van der Waals surface area (Å²) in [4.78, 5) is 11.7. The number of para-hydroxylation sites is 1. The monoisotopic (exact) mass is 453 g/mol. The van der Waals surface area contributed by atoms with Crippen LogP contribution in [-0.4, -0.2) is 26.8 Å². The number of hydrogen-bond acceptors (Lipinski definition) is 9. The Labute approximate surface area is 188 Å². The number of ether oxygens (including phenoxy) is 1. The van der Waals surface area contributed by atoms with Crippen LogP contribution in [0.3, 0.4) is 0 Å². The molecule has 5 rings (SSSR count).